The number of amidine groups is 1. The predicted molar refractivity (Wildman–Crippen MR) is 89.3 cm³/mol. The van der Waals surface area contributed by atoms with Crippen LogP contribution in [0.2, 0.25) is 0 Å². The van der Waals surface area contributed by atoms with Crippen LogP contribution in [0.5, 0.6) is 0 Å². The number of fused-ring (bicyclic) bond motifs is 1. The summed E-state index contributed by atoms with van der Waals surface area (Å²) < 4.78 is 11.8. The highest BCUT2D eigenvalue weighted by Crippen LogP contribution is 2.37. The quantitative estimate of drug-likeness (QED) is 0.841. The number of aliphatic hydroxyl groups is 2. The molecule has 23 heavy (non-hydrogen) atoms. The Bertz CT molecular complexity index is 554. The predicted octanol–water partition coefficient (Wildman–Crippen LogP) is 0.683. The summed E-state index contributed by atoms with van der Waals surface area (Å²) in [5, 5.41) is 21.1. The largest absolute Gasteiger partial charge is 0.394 e. The fourth-order valence-corrected chi connectivity index (χ4v) is 3.90. The molecular weight excluding hydrogens is 316 g/mol. The van der Waals surface area contributed by atoms with Crippen LogP contribution in [0.3, 0.4) is 0 Å². The summed E-state index contributed by atoms with van der Waals surface area (Å²) in [6, 6.07) is 9.36. The van der Waals surface area contributed by atoms with Crippen LogP contribution in [-0.4, -0.2) is 70.8 Å². The van der Waals surface area contributed by atoms with E-state index < -0.39 is 18.3 Å². The minimum Gasteiger partial charge on any atom is -0.394 e. The van der Waals surface area contributed by atoms with Gasteiger partial charge in [0.25, 0.3) is 0 Å². The lowest BCUT2D eigenvalue weighted by Crippen LogP contribution is -2.56. The van der Waals surface area contributed by atoms with Crippen LogP contribution in [0.15, 0.2) is 35.3 Å². The fourth-order valence-electron chi connectivity index (χ4n) is 2.74. The highest BCUT2D eigenvalue weighted by Gasteiger charge is 2.49. The molecule has 2 heterocycles. The topological polar surface area (TPSA) is 74.5 Å². The van der Waals surface area contributed by atoms with Gasteiger partial charge in [-0.15, -0.1) is 0 Å². The van der Waals surface area contributed by atoms with E-state index in [-0.39, 0.29) is 18.1 Å². The molecule has 3 rings (SSSR count). The fraction of sp³-hybridized carbons (Fsp3) is 0.562. The Morgan fingerprint density at radius 2 is 2.04 bits per heavy atom. The van der Waals surface area contributed by atoms with Crippen molar-refractivity contribution in [1.82, 2.24) is 4.90 Å². The Hall–Kier alpha value is -1.12. The summed E-state index contributed by atoms with van der Waals surface area (Å²) in [5.74, 6) is 0. The average Bonchev–Trinajstić information content (AvgIpc) is 2.99. The van der Waals surface area contributed by atoms with Crippen molar-refractivity contribution in [3.8, 4) is 0 Å². The monoisotopic (exact) mass is 338 g/mol. The summed E-state index contributed by atoms with van der Waals surface area (Å²) in [7, 11) is 3.81. The number of hydrogen-bond donors (Lipinski definition) is 2. The molecule has 2 N–H and O–H groups in total. The maximum absolute atomic E-state index is 10.7. The van der Waals surface area contributed by atoms with Gasteiger partial charge in [-0.1, -0.05) is 42.1 Å². The summed E-state index contributed by atoms with van der Waals surface area (Å²) in [5.41, 5.74) is 0.730. The summed E-state index contributed by atoms with van der Waals surface area (Å²) in [6.45, 7) is 0.162. The van der Waals surface area contributed by atoms with Gasteiger partial charge in [-0.2, -0.15) is 0 Å². The minimum absolute atomic E-state index is 0.197. The first-order valence-corrected chi connectivity index (χ1v) is 8.50. The van der Waals surface area contributed by atoms with Crippen LogP contribution in [0.25, 0.3) is 0 Å². The van der Waals surface area contributed by atoms with Crippen molar-refractivity contribution in [3.05, 3.63) is 35.9 Å². The van der Waals surface area contributed by atoms with E-state index in [1.54, 1.807) is 0 Å². The lowest BCUT2D eigenvalue weighted by molar-refractivity contribution is -0.188. The van der Waals surface area contributed by atoms with Crippen LogP contribution >= 0.6 is 11.8 Å². The minimum atomic E-state index is -0.806. The third kappa shape index (κ3) is 3.54. The number of rotatable bonds is 4. The molecule has 0 bridgehead atoms. The summed E-state index contributed by atoms with van der Waals surface area (Å²) >= 11 is 1.47. The molecule has 6 nitrogen and oxygen atoms in total. The standard InChI is InChI=1S/C16H22N2O4S/c1-18(2)16-17-12-13(20)14(11(8-19)22-15(12)23-16)21-9-10-6-4-3-5-7-10/h3-7,11-15,19-20H,8-9H2,1-2H3/t11-,12-,13-,14-,15-/m1/s1. The van der Waals surface area contributed by atoms with Crippen LogP contribution in [0, 0.1) is 0 Å². The number of ether oxygens (including phenoxy) is 2. The molecule has 126 valence electrons. The molecule has 1 fully saturated rings. The van der Waals surface area contributed by atoms with Crippen molar-refractivity contribution in [2.45, 2.75) is 36.4 Å². The van der Waals surface area contributed by atoms with E-state index in [0.717, 1.165) is 10.7 Å². The highest BCUT2D eigenvalue weighted by atomic mass is 32.2. The first kappa shape index (κ1) is 16.7. The van der Waals surface area contributed by atoms with Crippen molar-refractivity contribution in [2.75, 3.05) is 20.7 Å². The molecule has 0 amide bonds. The summed E-state index contributed by atoms with van der Waals surface area (Å²) in [4.78, 5) is 6.43. The Kier molecular flexibility index (Phi) is 5.23. The average molecular weight is 338 g/mol. The Labute approximate surface area is 140 Å². The molecule has 7 heteroatoms. The molecule has 0 saturated carbocycles. The van der Waals surface area contributed by atoms with E-state index in [2.05, 4.69) is 4.99 Å². The van der Waals surface area contributed by atoms with Crippen molar-refractivity contribution < 1.29 is 19.7 Å². The molecule has 0 aliphatic carbocycles. The second kappa shape index (κ2) is 7.19. The van der Waals surface area contributed by atoms with Gasteiger partial charge in [0.1, 0.15) is 29.8 Å². The van der Waals surface area contributed by atoms with Gasteiger partial charge in [0.2, 0.25) is 0 Å². The second-order valence-corrected chi connectivity index (χ2v) is 6.96. The normalized spacial score (nSPS) is 33.2. The summed E-state index contributed by atoms with van der Waals surface area (Å²) in [6.07, 6.45) is -1.97. The number of nitrogens with zero attached hydrogens (tertiary/aromatic N) is 2. The van der Waals surface area contributed by atoms with Crippen molar-refractivity contribution in [3.63, 3.8) is 0 Å². The van der Waals surface area contributed by atoms with E-state index in [9.17, 15) is 10.2 Å². The number of thioether (sulfide) groups is 1. The molecule has 1 aromatic carbocycles. The van der Waals surface area contributed by atoms with Gasteiger partial charge in [-0.3, -0.25) is 4.99 Å². The van der Waals surface area contributed by atoms with Crippen LogP contribution in [0.4, 0.5) is 0 Å². The van der Waals surface area contributed by atoms with Gasteiger partial charge < -0.3 is 24.6 Å². The van der Waals surface area contributed by atoms with E-state index in [1.165, 1.54) is 11.8 Å². The van der Waals surface area contributed by atoms with Crippen LogP contribution in [0.1, 0.15) is 5.56 Å². The molecule has 1 saturated heterocycles. The zero-order chi connectivity index (χ0) is 16.4. The third-order valence-corrected chi connectivity index (χ3v) is 5.27. The molecule has 5 atom stereocenters. The zero-order valence-corrected chi connectivity index (χ0v) is 14.0. The highest BCUT2D eigenvalue weighted by molar-refractivity contribution is 8.14. The van der Waals surface area contributed by atoms with E-state index in [4.69, 9.17) is 9.47 Å². The molecule has 2 aliphatic heterocycles. The van der Waals surface area contributed by atoms with E-state index >= 15 is 0 Å². The smallest absolute Gasteiger partial charge is 0.161 e. The van der Waals surface area contributed by atoms with Gasteiger partial charge in [0, 0.05) is 14.1 Å². The van der Waals surface area contributed by atoms with Gasteiger partial charge in [0.05, 0.1) is 13.2 Å². The number of aliphatic imine (C=N–C) groups is 1. The van der Waals surface area contributed by atoms with Gasteiger partial charge in [-0.25, -0.2) is 0 Å². The number of benzene rings is 1. The van der Waals surface area contributed by atoms with Gasteiger partial charge in [-0.05, 0) is 5.56 Å². The lowest BCUT2D eigenvalue weighted by atomic mass is 9.98. The first-order valence-electron chi connectivity index (χ1n) is 7.62. The molecule has 2 aliphatic rings. The first-order chi connectivity index (χ1) is 11.1. The Morgan fingerprint density at radius 3 is 2.70 bits per heavy atom. The van der Waals surface area contributed by atoms with Crippen molar-refractivity contribution >= 4 is 16.9 Å². The second-order valence-electron chi connectivity index (χ2n) is 5.89. The molecule has 0 radical (unpaired) electrons. The van der Waals surface area contributed by atoms with Crippen LogP contribution in [-0.2, 0) is 16.1 Å². The van der Waals surface area contributed by atoms with Gasteiger partial charge in [0.15, 0.2) is 5.17 Å². The van der Waals surface area contributed by atoms with Crippen molar-refractivity contribution in [2.24, 2.45) is 4.99 Å². The molecule has 0 spiro atoms. The molecule has 1 aromatic rings. The van der Waals surface area contributed by atoms with Crippen LogP contribution < -0.4 is 0 Å². The Morgan fingerprint density at radius 1 is 1.30 bits per heavy atom. The maximum Gasteiger partial charge on any atom is 0.161 e. The molecule has 0 aromatic heterocycles. The third-order valence-electron chi connectivity index (χ3n) is 3.97. The lowest BCUT2D eigenvalue weighted by Gasteiger charge is -2.39. The zero-order valence-electron chi connectivity index (χ0n) is 13.2. The number of hydrogen-bond acceptors (Lipinski definition) is 7. The molecular formula is C16H22N2O4S. The van der Waals surface area contributed by atoms with E-state index in [1.807, 2.05) is 49.3 Å². The number of aliphatic hydroxyl groups excluding tert-OH is 2. The molecule has 0 unspecified atom stereocenters. The maximum atomic E-state index is 10.7. The Balaban J connectivity index is 1.71. The van der Waals surface area contributed by atoms with Gasteiger partial charge >= 0.3 is 0 Å². The van der Waals surface area contributed by atoms with E-state index in [0.29, 0.717) is 6.61 Å². The van der Waals surface area contributed by atoms with Crippen molar-refractivity contribution in [1.29, 1.82) is 0 Å². The SMILES string of the molecule is CN(C)C1=N[C@@H]2[C@@H](O)[C@H](OCc3ccccc3)[C@@H](CO)O[C@@H]2S1.